The summed E-state index contributed by atoms with van der Waals surface area (Å²) in [4.78, 5) is 21.2. The quantitative estimate of drug-likeness (QED) is 0.311. The fraction of sp³-hybridized carbons (Fsp3) is 0.192. The second kappa shape index (κ2) is 10.7. The van der Waals surface area contributed by atoms with Crippen LogP contribution in [0.15, 0.2) is 78.4 Å². The van der Waals surface area contributed by atoms with Crippen LogP contribution in [-0.4, -0.2) is 22.5 Å². The van der Waals surface area contributed by atoms with Crippen LogP contribution in [0.1, 0.15) is 25.3 Å². The molecule has 1 N–H and O–H groups in total. The van der Waals surface area contributed by atoms with Crippen LogP contribution in [-0.2, 0) is 11.2 Å². The molecule has 4 rings (SSSR count). The first kappa shape index (κ1) is 21.7. The highest BCUT2D eigenvalue weighted by Crippen LogP contribution is 2.29. The van der Waals surface area contributed by atoms with E-state index >= 15 is 0 Å². The number of amides is 1. The molecule has 0 unspecified atom stereocenters. The van der Waals surface area contributed by atoms with E-state index in [1.807, 2.05) is 60.1 Å². The number of aromatic nitrogens is 2. The Labute approximate surface area is 192 Å². The fourth-order valence-electron chi connectivity index (χ4n) is 3.25. The van der Waals surface area contributed by atoms with Gasteiger partial charge in [0.15, 0.2) is 0 Å². The molecule has 5 nitrogen and oxygen atoms in total. The topological polar surface area (TPSA) is 64.1 Å². The standard InChI is InChI=1S/C26H25N3O2S/c1-2-19-10-12-23(13-11-19)31-15-5-9-25(30)28-22-8-3-6-20(16-22)24-18-32-26(29-24)21-7-4-14-27-17-21/h3-4,6-8,10-14,16-18H,2,5,9,15H2,1H3,(H,28,30). The molecule has 0 aliphatic rings. The van der Waals surface area contributed by atoms with Gasteiger partial charge in [-0.2, -0.15) is 0 Å². The Balaban J connectivity index is 1.29. The van der Waals surface area contributed by atoms with E-state index in [2.05, 4.69) is 29.4 Å². The normalized spacial score (nSPS) is 10.7. The monoisotopic (exact) mass is 443 g/mol. The number of nitrogens with one attached hydrogen (secondary N) is 1. The zero-order valence-corrected chi connectivity index (χ0v) is 18.8. The molecule has 162 valence electrons. The number of hydrogen-bond acceptors (Lipinski definition) is 5. The summed E-state index contributed by atoms with van der Waals surface area (Å²) in [6, 6.07) is 19.7. The maximum Gasteiger partial charge on any atom is 0.224 e. The van der Waals surface area contributed by atoms with Crippen LogP contribution < -0.4 is 10.1 Å². The van der Waals surface area contributed by atoms with E-state index in [-0.39, 0.29) is 5.91 Å². The van der Waals surface area contributed by atoms with Crippen molar-refractivity contribution >= 4 is 22.9 Å². The molecule has 6 heteroatoms. The molecule has 0 bridgehead atoms. The number of anilines is 1. The van der Waals surface area contributed by atoms with Gasteiger partial charge in [0.1, 0.15) is 10.8 Å². The van der Waals surface area contributed by atoms with Gasteiger partial charge in [0.2, 0.25) is 5.91 Å². The predicted octanol–water partition coefficient (Wildman–Crippen LogP) is 6.23. The molecule has 0 aliphatic heterocycles. The number of benzene rings is 2. The first-order valence-corrected chi connectivity index (χ1v) is 11.6. The number of carbonyl (C=O) groups is 1. The number of thiazole rings is 1. The van der Waals surface area contributed by atoms with E-state index in [4.69, 9.17) is 9.72 Å². The van der Waals surface area contributed by atoms with Crippen LogP contribution >= 0.6 is 11.3 Å². The van der Waals surface area contributed by atoms with E-state index < -0.39 is 0 Å². The Morgan fingerprint density at radius 2 is 1.91 bits per heavy atom. The second-order valence-corrected chi connectivity index (χ2v) is 8.22. The third kappa shape index (κ3) is 5.80. The van der Waals surface area contributed by atoms with Gasteiger partial charge in [-0.3, -0.25) is 9.78 Å². The molecule has 0 spiro atoms. The van der Waals surface area contributed by atoms with Gasteiger partial charge in [-0.05, 0) is 54.8 Å². The van der Waals surface area contributed by atoms with Crippen molar-refractivity contribution in [3.63, 3.8) is 0 Å². The Kier molecular flexibility index (Phi) is 7.25. The first-order valence-electron chi connectivity index (χ1n) is 10.7. The molecule has 0 fully saturated rings. The first-order chi connectivity index (χ1) is 15.7. The van der Waals surface area contributed by atoms with Crippen LogP contribution in [0.2, 0.25) is 0 Å². The minimum absolute atomic E-state index is 0.0265. The predicted molar refractivity (Wildman–Crippen MR) is 130 cm³/mol. The molecular formula is C26H25N3O2S. The number of pyridine rings is 1. The van der Waals surface area contributed by atoms with E-state index in [1.165, 1.54) is 5.56 Å². The Morgan fingerprint density at radius 1 is 1.06 bits per heavy atom. The van der Waals surface area contributed by atoms with E-state index in [0.29, 0.717) is 19.4 Å². The number of ether oxygens (including phenoxy) is 1. The molecule has 2 aromatic carbocycles. The molecule has 2 heterocycles. The Morgan fingerprint density at radius 3 is 2.69 bits per heavy atom. The molecule has 0 saturated carbocycles. The lowest BCUT2D eigenvalue weighted by atomic mass is 10.1. The molecule has 1 amide bonds. The highest BCUT2D eigenvalue weighted by Gasteiger charge is 2.09. The SMILES string of the molecule is CCc1ccc(OCCCC(=O)Nc2cccc(-c3csc(-c4cccnc4)n3)c2)cc1. The largest absolute Gasteiger partial charge is 0.494 e. The van der Waals surface area contributed by atoms with Gasteiger partial charge < -0.3 is 10.1 Å². The van der Waals surface area contributed by atoms with Crippen molar-refractivity contribution < 1.29 is 9.53 Å². The van der Waals surface area contributed by atoms with Gasteiger partial charge in [0.05, 0.1) is 12.3 Å². The molecule has 0 radical (unpaired) electrons. The molecule has 0 aliphatic carbocycles. The van der Waals surface area contributed by atoms with Crippen LogP contribution in [0.5, 0.6) is 5.75 Å². The summed E-state index contributed by atoms with van der Waals surface area (Å²) >= 11 is 1.58. The summed E-state index contributed by atoms with van der Waals surface area (Å²) in [6.07, 6.45) is 5.62. The third-order valence-corrected chi connectivity index (χ3v) is 5.89. The van der Waals surface area contributed by atoms with Crippen molar-refractivity contribution in [3.8, 4) is 27.6 Å². The van der Waals surface area contributed by atoms with Crippen LogP contribution in [0, 0.1) is 0 Å². The lowest BCUT2D eigenvalue weighted by molar-refractivity contribution is -0.116. The zero-order chi connectivity index (χ0) is 22.2. The number of nitrogens with zero attached hydrogens (tertiary/aromatic N) is 2. The fourth-order valence-corrected chi connectivity index (χ4v) is 4.07. The molecule has 0 atom stereocenters. The minimum Gasteiger partial charge on any atom is -0.494 e. The molecular weight excluding hydrogens is 418 g/mol. The Hall–Kier alpha value is -3.51. The smallest absolute Gasteiger partial charge is 0.224 e. The third-order valence-electron chi connectivity index (χ3n) is 5.00. The maximum absolute atomic E-state index is 12.4. The molecule has 32 heavy (non-hydrogen) atoms. The summed E-state index contributed by atoms with van der Waals surface area (Å²) in [5, 5.41) is 5.92. The molecule has 0 saturated heterocycles. The highest BCUT2D eigenvalue weighted by molar-refractivity contribution is 7.13. The van der Waals surface area contributed by atoms with Crippen molar-refractivity contribution in [3.05, 3.63) is 84.0 Å². The van der Waals surface area contributed by atoms with E-state index in [1.54, 1.807) is 17.5 Å². The van der Waals surface area contributed by atoms with Gasteiger partial charge in [0, 0.05) is 41.0 Å². The van der Waals surface area contributed by atoms with Gasteiger partial charge in [-0.15, -0.1) is 11.3 Å². The summed E-state index contributed by atoms with van der Waals surface area (Å²) < 4.78 is 5.73. The maximum atomic E-state index is 12.4. The lowest BCUT2D eigenvalue weighted by Gasteiger charge is -2.08. The molecule has 4 aromatic rings. The summed E-state index contributed by atoms with van der Waals surface area (Å²) in [5.41, 5.74) is 4.89. The lowest BCUT2D eigenvalue weighted by Crippen LogP contribution is -2.12. The van der Waals surface area contributed by atoms with Crippen molar-refractivity contribution in [1.82, 2.24) is 9.97 Å². The highest BCUT2D eigenvalue weighted by atomic mass is 32.1. The average molecular weight is 444 g/mol. The van der Waals surface area contributed by atoms with E-state index in [0.717, 1.165) is 39.7 Å². The van der Waals surface area contributed by atoms with Gasteiger partial charge in [-0.25, -0.2) is 4.98 Å². The second-order valence-electron chi connectivity index (χ2n) is 7.36. The zero-order valence-electron chi connectivity index (χ0n) is 18.0. The number of carbonyl (C=O) groups excluding carboxylic acids is 1. The van der Waals surface area contributed by atoms with E-state index in [9.17, 15) is 4.79 Å². The average Bonchev–Trinajstić information content (AvgIpc) is 3.33. The van der Waals surface area contributed by atoms with Crippen molar-refractivity contribution in [2.75, 3.05) is 11.9 Å². The van der Waals surface area contributed by atoms with Gasteiger partial charge >= 0.3 is 0 Å². The summed E-state index contributed by atoms with van der Waals surface area (Å²) in [5.74, 6) is 0.811. The Bertz CT molecular complexity index is 1160. The van der Waals surface area contributed by atoms with Crippen LogP contribution in [0.25, 0.3) is 21.8 Å². The number of rotatable bonds is 9. The van der Waals surface area contributed by atoms with Crippen molar-refractivity contribution in [2.45, 2.75) is 26.2 Å². The van der Waals surface area contributed by atoms with Crippen LogP contribution in [0.4, 0.5) is 5.69 Å². The molecule has 2 aromatic heterocycles. The van der Waals surface area contributed by atoms with Crippen molar-refractivity contribution in [1.29, 1.82) is 0 Å². The summed E-state index contributed by atoms with van der Waals surface area (Å²) in [7, 11) is 0. The van der Waals surface area contributed by atoms with Crippen LogP contribution in [0.3, 0.4) is 0 Å². The minimum atomic E-state index is -0.0265. The summed E-state index contributed by atoms with van der Waals surface area (Å²) in [6.45, 7) is 2.63. The van der Waals surface area contributed by atoms with Gasteiger partial charge in [-0.1, -0.05) is 31.2 Å². The van der Waals surface area contributed by atoms with Gasteiger partial charge in [0.25, 0.3) is 0 Å². The van der Waals surface area contributed by atoms with Crippen molar-refractivity contribution in [2.24, 2.45) is 0 Å². The number of aryl methyl sites for hydroxylation is 1. The number of hydrogen-bond donors (Lipinski definition) is 1.